The molecule has 2 aromatic rings. The summed E-state index contributed by atoms with van der Waals surface area (Å²) in [5.74, 6) is -1.66. The van der Waals surface area contributed by atoms with Crippen LogP contribution in [0.2, 0.25) is 0 Å². The van der Waals surface area contributed by atoms with Crippen LogP contribution in [0.3, 0.4) is 0 Å². The highest BCUT2D eigenvalue weighted by Crippen LogP contribution is 2.17. The number of carbonyl (C=O) groups is 3. The number of nitrogens with one attached hydrogen (secondary N) is 2. The van der Waals surface area contributed by atoms with Gasteiger partial charge in [0, 0.05) is 11.4 Å². The topological polar surface area (TPSA) is 98.7 Å². The molecule has 136 valence electrons. The van der Waals surface area contributed by atoms with Gasteiger partial charge in [-0.3, -0.25) is 9.69 Å². The van der Waals surface area contributed by atoms with E-state index in [1.54, 1.807) is 42.5 Å². The highest BCUT2D eigenvalue weighted by Gasteiger charge is 2.27. The first-order valence-corrected chi connectivity index (χ1v) is 8.10. The van der Waals surface area contributed by atoms with Crippen molar-refractivity contribution in [2.45, 2.75) is 19.9 Å². The van der Waals surface area contributed by atoms with Gasteiger partial charge in [0.1, 0.15) is 6.04 Å². The SMILES string of the molecule is Cc1cccc(NC(=O)NCC(=O)N(c2ccccc2)[C@@H](C)C(=O)O)c1. The van der Waals surface area contributed by atoms with Gasteiger partial charge in [-0.15, -0.1) is 0 Å². The number of urea groups is 1. The molecule has 2 rings (SSSR count). The number of nitrogens with zero attached hydrogens (tertiary/aromatic N) is 1. The van der Waals surface area contributed by atoms with Crippen molar-refractivity contribution in [2.75, 3.05) is 16.8 Å². The van der Waals surface area contributed by atoms with E-state index in [0.29, 0.717) is 11.4 Å². The van der Waals surface area contributed by atoms with Gasteiger partial charge in [0.25, 0.3) is 0 Å². The number of hydrogen-bond acceptors (Lipinski definition) is 3. The Kier molecular flexibility index (Phi) is 6.32. The maximum Gasteiger partial charge on any atom is 0.326 e. The van der Waals surface area contributed by atoms with Gasteiger partial charge < -0.3 is 15.7 Å². The number of anilines is 2. The molecule has 3 N–H and O–H groups in total. The number of rotatable bonds is 6. The molecule has 0 radical (unpaired) electrons. The Morgan fingerprint density at radius 3 is 2.38 bits per heavy atom. The molecule has 2 aromatic carbocycles. The van der Waals surface area contributed by atoms with Crippen LogP contribution in [-0.2, 0) is 9.59 Å². The van der Waals surface area contributed by atoms with Crippen molar-refractivity contribution >= 4 is 29.3 Å². The van der Waals surface area contributed by atoms with Crippen LogP contribution in [0, 0.1) is 6.92 Å². The van der Waals surface area contributed by atoms with Gasteiger partial charge in [0.05, 0.1) is 6.54 Å². The Balaban J connectivity index is 2.02. The summed E-state index contributed by atoms with van der Waals surface area (Å²) >= 11 is 0. The zero-order valence-electron chi connectivity index (χ0n) is 14.6. The average Bonchev–Trinajstić information content (AvgIpc) is 2.61. The fourth-order valence-electron chi connectivity index (χ4n) is 2.42. The Bertz CT molecular complexity index is 792. The number of hydrogen-bond donors (Lipinski definition) is 3. The van der Waals surface area contributed by atoms with Crippen LogP contribution in [0.25, 0.3) is 0 Å². The minimum atomic E-state index is -1.13. The number of carbonyl (C=O) groups excluding carboxylic acids is 2. The van der Waals surface area contributed by atoms with E-state index < -0.39 is 23.9 Å². The number of aryl methyl sites for hydroxylation is 1. The third-order valence-corrected chi connectivity index (χ3v) is 3.72. The van der Waals surface area contributed by atoms with Gasteiger partial charge in [0.2, 0.25) is 5.91 Å². The molecule has 0 aromatic heterocycles. The van der Waals surface area contributed by atoms with Gasteiger partial charge in [-0.2, -0.15) is 0 Å². The summed E-state index contributed by atoms with van der Waals surface area (Å²) in [6.07, 6.45) is 0. The van der Waals surface area contributed by atoms with Crippen LogP contribution in [0.5, 0.6) is 0 Å². The van der Waals surface area contributed by atoms with E-state index in [4.69, 9.17) is 0 Å². The third-order valence-electron chi connectivity index (χ3n) is 3.72. The summed E-state index contributed by atoms with van der Waals surface area (Å²) < 4.78 is 0. The van der Waals surface area contributed by atoms with Crippen molar-refractivity contribution in [1.29, 1.82) is 0 Å². The molecule has 0 unspecified atom stereocenters. The Hall–Kier alpha value is -3.35. The Morgan fingerprint density at radius 2 is 1.77 bits per heavy atom. The van der Waals surface area contributed by atoms with E-state index >= 15 is 0 Å². The quantitative estimate of drug-likeness (QED) is 0.742. The van der Waals surface area contributed by atoms with Crippen LogP contribution < -0.4 is 15.5 Å². The molecule has 3 amide bonds. The molecule has 0 saturated heterocycles. The van der Waals surface area contributed by atoms with Gasteiger partial charge in [-0.25, -0.2) is 9.59 Å². The second-order valence-electron chi connectivity index (χ2n) is 5.79. The van der Waals surface area contributed by atoms with E-state index in [1.165, 1.54) is 6.92 Å². The predicted octanol–water partition coefficient (Wildman–Crippen LogP) is 2.62. The molecule has 7 heteroatoms. The molecular formula is C19H21N3O4. The minimum absolute atomic E-state index is 0.329. The number of aliphatic carboxylic acids is 1. The van der Waals surface area contributed by atoms with Gasteiger partial charge in [-0.1, -0.05) is 30.3 Å². The van der Waals surface area contributed by atoms with E-state index in [-0.39, 0.29) is 6.54 Å². The van der Waals surface area contributed by atoms with Crippen LogP contribution in [0.15, 0.2) is 54.6 Å². The average molecular weight is 355 g/mol. The molecule has 0 heterocycles. The maximum atomic E-state index is 12.5. The molecule has 0 saturated carbocycles. The summed E-state index contributed by atoms with van der Waals surface area (Å²) in [4.78, 5) is 37.0. The molecule has 1 atom stereocenters. The summed E-state index contributed by atoms with van der Waals surface area (Å²) in [6, 6.07) is 14.1. The highest BCUT2D eigenvalue weighted by molar-refractivity contribution is 6.02. The van der Waals surface area contributed by atoms with Crippen molar-refractivity contribution in [3.05, 3.63) is 60.2 Å². The number of carboxylic acid groups (broad SMARTS) is 1. The molecule has 0 aliphatic rings. The van der Waals surface area contributed by atoms with Gasteiger partial charge >= 0.3 is 12.0 Å². The van der Waals surface area contributed by atoms with Crippen LogP contribution >= 0.6 is 0 Å². The van der Waals surface area contributed by atoms with Crippen LogP contribution in [0.1, 0.15) is 12.5 Å². The first kappa shape index (κ1) is 19.0. The van der Waals surface area contributed by atoms with Crippen molar-refractivity contribution in [3.63, 3.8) is 0 Å². The fourth-order valence-corrected chi connectivity index (χ4v) is 2.42. The summed E-state index contributed by atoms with van der Waals surface area (Å²) in [5.41, 5.74) is 2.05. The highest BCUT2D eigenvalue weighted by atomic mass is 16.4. The lowest BCUT2D eigenvalue weighted by Crippen LogP contribution is -2.48. The van der Waals surface area contributed by atoms with Crippen molar-refractivity contribution in [1.82, 2.24) is 5.32 Å². The standard InChI is InChI=1S/C19H21N3O4/c1-13-7-6-8-15(11-13)21-19(26)20-12-17(23)22(14(2)18(24)25)16-9-4-3-5-10-16/h3-11,14H,12H2,1-2H3,(H,24,25)(H2,20,21,26)/t14-/m0/s1. The molecule has 7 nitrogen and oxygen atoms in total. The van der Waals surface area contributed by atoms with Crippen molar-refractivity contribution < 1.29 is 19.5 Å². The second-order valence-corrected chi connectivity index (χ2v) is 5.79. The van der Waals surface area contributed by atoms with Crippen molar-refractivity contribution in [3.8, 4) is 0 Å². The van der Waals surface area contributed by atoms with Gasteiger partial charge in [-0.05, 0) is 43.7 Å². The number of carboxylic acids is 1. The smallest absolute Gasteiger partial charge is 0.326 e. The Morgan fingerprint density at radius 1 is 1.08 bits per heavy atom. The van der Waals surface area contributed by atoms with Crippen LogP contribution in [-0.4, -0.2) is 35.6 Å². The minimum Gasteiger partial charge on any atom is -0.480 e. The first-order chi connectivity index (χ1) is 12.4. The van der Waals surface area contributed by atoms with Crippen LogP contribution in [0.4, 0.5) is 16.2 Å². The number of amides is 3. The zero-order valence-corrected chi connectivity index (χ0v) is 14.6. The summed E-state index contributed by atoms with van der Waals surface area (Å²) in [6.45, 7) is 2.99. The Labute approximate surface area is 151 Å². The number of para-hydroxylation sites is 1. The van der Waals surface area contributed by atoms with Crippen molar-refractivity contribution in [2.24, 2.45) is 0 Å². The summed E-state index contributed by atoms with van der Waals surface area (Å²) in [5, 5.41) is 14.4. The summed E-state index contributed by atoms with van der Waals surface area (Å²) in [7, 11) is 0. The lowest BCUT2D eigenvalue weighted by atomic mass is 10.2. The molecule has 0 aliphatic heterocycles. The van der Waals surface area contributed by atoms with E-state index in [2.05, 4.69) is 10.6 Å². The van der Waals surface area contributed by atoms with E-state index in [1.807, 2.05) is 19.1 Å². The molecule has 0 fully saturated rings. The molecule has 0 aliphatic carbocycles. The molecule has 0 spiro atoms. The maximum absolute atomic E-state index is 12.5. The number of benzene rings is 2. The van der Waals surface area contributed by atoms with E-state index in [0.717, 1.165) is 10.5 Å². The van der Waals surface area contributed by atoms with Gasteiger partial charge in [0.15, 0.2) is 0 Å². The normalized spacial score (nSPS) is 11.3. The fraction of sp³-hybridized carbons (Fsp3) is 0.211. The lowest BCUT2D eigenvalue weighted by molar-refractivity contribution is -0.139. The molecule has 0 bridgehead atoms. The van der Waals surface area contributed by atoms with E-state index in [9.17, 15) is 19.5 Å². The largest absolute Gasteiger partial charge is 0.480 e. The lowest BCUT2D eigenvalue weighted by Gasteiger charge is -2.26. The third kappa shape index (κ3) is 5.07. The first-order valence-electron chi connectivity index (χ1n) is 8.10. The predicted molar refractivity (Wildman–Crippen MR) is 99.2 cm³/mol. The molecule has 26 heavy (non-hydrogen) atoms. The second kappa shape index (κ2) is 8.66. The monoisotopic (exact) mass is 355 g/mol. The molecular weight excluding hydrogens is 334 g/mol. The zero-order chi connectivity index (χ0) is 19.1.